The van der Waals surface area contributed by atoms with Crippen LogP contribution >= 0.6 is 22.9 Å². The minimum atomic E-state index is -1.11. The van der Waals surface area contributed by atoms with Crippen molar-refractivity contribution in [1.82, 2.24) is 4.90 Å². The van der Waals surface area contributed by atoms with E-state index in [2.05, 4.69) is 0 Å². The molecular weight excluding hydrogens is 430 g/mol. The molecule has 0 bridgehead atoms. The van der Waals surface area contributed by atoms with E-state index in [9.17, 15) is 18.4 Å². The van der Waals surface area contributed by atoms with Crippen LogP contribution in [-0.2, 0) is 11.2 Å². The predicted octanol–water partition coefficient (Wildman–Crippen LogP) is 5.04. The molecule has 0 spiro atoms. The van der Waals surface area contributed by atoms with Crippen LogP contribution in [0.5, 0.6) is 0 Å². The molecule has 30 heavy (non-hydrogen) atoms. The van der Waals surface area contributed by atoms with Gasteiger partial charge in [0.15, 0.2) is 5.13 Å². The van der Waals surface area contributed by atoms with Gasteiger partial charge < -0.3 is 10.6 Å². The molecule has 1 aliphatic carbocycles. The standard InChI is InChI=1S/C22H17ClF2N2O2S/c23-13-10-15-14(16(24)11-13)6-7-17(15)27(22(29)18-8-9-19(25)30-18)20(21(26)28)12-4-2-1-3-5-12/h1-5,8-11,17,20H,6-7H2,(H2,26,28)/t17-,20-/m1/s1. The molecule has 0 unspecified atom stereocenters. The summed E-state index contributed by atoms with van der Waals surface area (Å²) in [7, 11) is 0. The maximum atomic E-state index is 14.5. The smallest absolute Gasteiger partial charge is 0.265 e. The highest BCUT2D eigenvalue weighted by Gasteiger charge is 2.40. The maximum Gasteiger partial charge on any atom is 0.265 e. The fourth-order valence-corrected chi connectivity index (χ4v) is 4.89. The quantitative estimate of drug-likeness (QED) is 0.597. The Morgan fingerprint density at radius 3 is 2.50 bits per heavy atom. The fraction of sp³-hybridized carbons (Fsp3) is 0.182. The lowest BCUT2D eigenvalue weighted by molar-refractivity contribution is -0.123. The lowest BCUT2D eigenvalue weighted by atomic mass is 9.99. The number of hydrogen-bond acceptors (Lipinski definition) is 3. The summed E-state index contributed by atoms with van der Waals surface area (Å²) >= 11 is 6.76. The average molecular weight is 447 g/mol. The van der Waals surface area contributed by atoms with Crippen molar-refractivity contribution >= 4 is 34.8 Å². The second-order valence-corrected chi connectivity index (χ2v) is 8.51. The topological polar surface area (TPSA) is 63.4 Å². The second-order valence-electron chi connectivity index (χ2n) is 7.04. The van der Waals surface area contributed by atoms with Gasteiger partial charge in [-0.1, -0.05) is 41.9 Å². The van der Waals surface area contributed by atoms with E-state index < -0.39 is 34.8 Å². The van der Waals surface area contributed by atoms with E-state index >= 15 is 0 Å². The van der Waals surface area contributed by atoms with Gasteiger partial charge in [-0.3, -0.25) is 9.59 Å². The Balaban J connectivity index is 1.87. The number of amides is 2. The molecule has 1 aliphatic rings. The predicted molar refractivity (Wildman–Crippen MR) is 111 cm³/mol. The van der Waals surface area contributed by atoms with Crippen LogP contribution in [0.2, 0.25) is 5.02 Å². The highest BCUT2D eigenvalue weighted by Crippen LogP contribution is 2.43. The van der Waals surface area contributed by atoms with Crippen molar-refractivity contribution in [3.05, 3.63) is 92.1 Å². The Morgan fingerprint density at radius 2 is 1.87 bits per heavy atom. The molecule has 2 N–H and O–H groups in total. The van der Waals surface area contributed by atoms with E-state index in [1.807, 2.05) is 0 Å². The zero-order chi connectivity index (χ0) is 21.4. The van der Waals surface area contributed by atoms with Gasteiger partial charge in [-0.15, -0.1) is 11.3 Å². The van der Waals surface area contributed by atoms with Crippen molar-refractivity contribution in [2.24, 2.45) is 5.73 Å². The van der Waals surface area contributed by atoms with Crippen molar-refractivity contribution in [1.29, 1.82) is 0 Å². The van der Waals surface area contributed by atoms with Crippen molar-refractivity contribution in [3.8, 4) is 0 Å². The minimum absolute atomic E-state index is 0.130. The summed E-state index contributed by atoms with van der Waals surface area (Å²) in [6.07, 6.45) is 0.772. The number of nitrogens with zero attached hydrogens (tertiary/aromatic N) is 1. The summed E-state index contributed by atoms with van der Waals surface area (Å²) in [5.74, 6) is -1.73. The summed E-state index contributed by atoms with van der Waals surface area (Å²) < 4.78 is 28.1. The zero-order valence-electron chi connectivity index (χ0n) is 15.6. The largest absolute Gasteiger partial charge is 0.368 e. The Hall–Kier alpha value is -2.77. The van der Waals surface area contributed by atoms with E-state index in [4.69, 9.17) is 17.3 Å². The van der Waals surface area contributed by atoms with Crippen LogP contribution in [0.3, 0.4) is 0 Å². The number of benzene rings is 2. The molecule has 0 fully saturated rings. The lowest BCUT2D eigenvalue weighted by Gasteiger charge is -2.35. The lowest BCUT2D eigenvalue weighted by Crippen LogP contribution is -2.43. The molecule has 1 aromatic heterocycles. The minimum Gasteiger partial charge on any atom is -0.368 e. The van der Waals surface area contributed by atoms with Gasteiger partial charge in [-0.05, 0) is 53.8 Å². The SMILES string of the molecule is NC(=O)[C@@H](c1ccccc1)N(C(=O)c1ccc(F)s1)[C@@H]1CCc2c(F)cc(Cl)cc21. The molecule has 2 aromatic carbocycles. The molecule has 3 aromatic rings. The van der Waals surface area contributed by atoms with E-state index in [1.165, 1.54) is 23.1 Å². The molecule has 0 saturated heterocycles. The molecular formula is C22H17ClF2N2O2S. The van der Waals surface area contributed by atoms with Gasteiger partial charge in [0.25, 0.3) is 5.91 Å². The van der Waals surface area contributed by atoms with Crippen LogP contribution in [0.25, 0.3) is 0 Å². The highest BCUT2D eigenvalue weighted by atomic mass is 35.5. The molecule has 4 nitrogen and oxygen atoms in total. The van der Waals surface area contributed by atoms with Crippen molar-refractivity contribution in [3.63, 3.8) is 0 Å². The van der Waals surface area contributed by atoms with Crippen LogP contribution in [-0.4, -0.2) is 16.7 Å². The third-order valence-electron chi connectivity index (χ3n) is 5.24. The van der Waals surface area contributed by atoms with Crippen LogP contribution in [0.4, 0.5) is 8.78 Å². The van der Waals surface area contributed by atoms with E-state index in [-0.39, 0.29) is 9.90 Å². The number of carbonyl (C=O) groups excluding carboxylic acids is 2. The molecule has 154 valence electrons. The van der Waals surface area contributed by atoms with Gasteiger partial charge in [-0.2, -0.15) is 4.39 Å². The summed E-state index contributed by atoms with van der Waals surface area (Å²) in [4.78, 5) is 27.5. The van der Waals surface area contributed by atoms with Crippen LogP contribution in [0.1, 0.15) is 44.9 Å². The molecule has 0 aliphatic heterocycles. The molecule has 4 rings (SSSR count). The third-order valence-corrected chi connectivity index (χ3v) is 6.32. The first-order valence-corrected chi connectivity index (χ1v) is 10.5. The summed E-state index contributed by atoms with van der Waals surface area (Å²) in [6.45, 7) is 0. The second kappa shape index (κ2) is 8.16. The first kappa shape index (κ1) is 20.5. The highest BCUT2D eigenvalue weighted by molar-refractivity contribution is 7.12. The van der Waals surface area contributed by atoms with Gasteiger partial charge in [0.2, 0.25) is 5.91 Å². The molecule has 0 saturated carbocycles. The molecule has 1 heterocycles. The van der Waals surface area contributed by atoms with Crippen LogP contribution < -0.4 is 5.73 Å². The first-order chi connectivity index (χ1) is 14.4. The number of halogens is 3. The fourth-order valence-electron chi connectivity index (χ4n) is 4.00. The molecule has 8 heteroatoms. The van der Waals surface area contributed by atoms with Gasteiger partial charge in [0.1, 0.15) is 11.9 Å². The Bertz CT molecular complexity index is 1120. The Labute approximate surface area is 180 Å². The molecule has 2 atom stereocenters. The van der Waals surface area contributed by atoms with Crippen LogP contribution in [0, 0.1) is 10.9 Å². The normalized spacial score (nSPS) is 16.2. The van der Waals surface area contributed by atoms with Crippen molar-refractivity contribution in [2.75, 3.05) is 0 Å². The van der Waals surface area contributed by atoms with Crippen molar-refractivity contribution < 1.29 is 18.4 Å². The summed E-state index contributed by atoms with van der Waals surface area (Å²) in [6, 6.07) is 12.3. The van der Waals surface area contributed by atoms with Crippen molar-refractivity contribution in [2.45, 2.75) is 24.9 Å². The number of primary amides is 1. The summed E-state index contributed by atoms with van der Waals surface area (Å²) in [5, 5.41) is -0.322. The molecule has 0 radical (unpaired) electrons. The number of thiophene rings is 1. The molecule has 2 amide bonds. The number of nitrogens with two attached hydrogens (primary N) is 1. The number of fused-ring (bicyclic) bond motifs is 1. The van der Waals surface area contributed by atoms with E-state index in [0.29, 0.717) is 40.9 Å². The number of hydrogen-bond donors (Lipinski definition) is 1. The number of rotatable bonds is 5. The maximum absolute atomic E-state index is 14.5. The Morgan fingerprint density at radius 1 is 1.13 bits per heavy atom. The van der Waals surface area contributed by atoms with Gasteiger partial charge in [-0.25, -0.2) is 4.39 Å². The number of carbonyl (C=O) groups is 2. The zero-order valence-corrected chi connectivity index (χ0v) is 17.2. The van der Waals surface area contributed by atoms with Crippen LogP contribution in [0.15, 0.2) is 54.6 Å². The van der Waals surface area contributed by atoms with E-state index in [0.717, 1.165) is 0 Å². The third kappa shape index (κ3) is 3.70. The van der Waals surface area contributed by atoms with Gasteiger partial charge in [0.05, 0.1) is 10.9 Å². The average Bonchev–Trinajstić information content (AvgIpc) is 3.32. The Kier molecular flexibility index (Phi) is 5.58. The van der Waals surface area contributed by atoms with Gasteiger partial charge in [0, 0.05) is 5.02 Å². The monoisotopic (exact) mass is 446 g/mol. The van der Waals surface area contributed by atoms with E-state index in [1.54, 1.807) is 36.4 Å². The van der Waals surface area contributed by atoms with Gasteiger partial charge >= 0.3 is 0 Å². The first-order valence-electron chi connectivity index (χ1n) is 9.27. The summed E-state index contributed by atoms with van der Waals surface area (Å²) in [5.41, 5.74) is 7.24.